The average molecular weight is 464 g/mol. The minimum absolute atomic E-state index is 0.0150. The van der Waals surface area contributed by atoms with Gasteiger partial charge in [-0.2, -0.15) is 0 Å². The van der Waals surface area contributed by atoms with Gasteiger partial charge in [-0.1, -0.05) is 35.9 Å². The number of halogens is 2. The lowest BCUT2D eigenvalue weighted by molar-refractivity contribution is 0.0730. The lowest BCUT2D eigenvalue weighted by atomic mass is 9.98. The first kappa shape index (κ1) is 21.2. The maximum atomic E-state index is 13.9. The fraction of sp³-hybridized carbons (Fsp3) is 0.154. The standard InChI is InChI=1S/C26H19ClFNO4/c1-32-19-8-5-15(6-9-19)11-12-29-23(16-3-2-4-17(27)13-16)22-24(30)20-14-18(28)7-10-21(20)33-25(22)26(29)31/h2-10,13-14,23H,11-12H2,1H3/t23-/m0/s1. The molecule has 0 aliphatic carbocycles. The van der Waals surface area contributed by atoms with Crippen LogP contribution in [-0.4, -0.2) is 24.5 Å². The van der Waals surface area contributed by atoms with Gasteiger partial charge in [-0.25, -0.2) is 4.39 Å². The Bertz CT molecular complexity index is 1430. The second-order valence-corrected chi connectivity index (χ2v) is 8.31. The highest BCUT2D eigenvalue weighted by Gasteiger charge is 2.42. The molecule has 0 saturated heterocycles. The van der Waals surface area contributed by atoms with Crippen LogP contribution in [-0.2, 0) is 6.42 Å². The lowest BCUT2D eigenvalue weighted by Gasteiger charge is -2.25. The Balaban J connectivity index is 1.61. The van der Waals surface area contributed by atoms with Crippen molar-refractivity contribution in [1.82, 2.24) is 4.90 Å². The normalized spacial score (nSPS) is 15.2. The van der Waals surface area contributed by atoms with E-state index in [0.717, 1.165) is 17.4 Å². The van der Waals surface area contributed by atoms with Crippen molar-refractivity contribution in [2.24, 2.45) is 0 Å². The maximum absolute atomic E-state index is 13.9. The number of rotatable bonds is 5. The van der Waals surface area contributed by atoms with Crippen LogP contribution in [0.3, 0.4) is 0 Å². The van der Waals surface area contributed by atoms with Gasteiger partial charge in [-0.3, -0.25) is 9.59 Å². The SMILES string of the molecule is COc1ccc(CCN2C(=O)c3oc4ccc(F)cc4c(=O)c3[C@@H]2c2cccc(Cl)c2)cc1. The Morgan fingerprint density at radius 2 is 1.85 bits per heavy atom. The Morgan fingerprint density at radius 1 is 1.06 bits per heavy atom. The van der Waals surface area contributed by atoms with Crippen molar-refractivity contribution in [1.29, 1.82) is 0 Å². The number of carbonyl (C=O) groups excluding carboxylic acids is 1. The van der Waals surface area contributed by atoms with Gasteiger partial charge in [0, 0.05) is 11.6 Å². The number of amides is 1. The summed E-state index contributed by atoms with van der Waals surface area (Å²) in [4.78, 5) is 28.5. The summed E-state index contributed by atoms with van der Waals surface area (Å²) in [7, 11) is 1.60. The highest BCUT2D eigenvalue weighted by atomic mass is 35.5. The number of methoxy groups -OCH3 is 1. The third kappa shape index (κ3) is 3.76. The van der Waals surface area contributed by atoms with Gasteiger partial charge in [0.15, 0.2) is 5.43 Å². The molecule has 33 heavy (non-hydrogen) atoms. The van der Waals surface area contributed by atoms with Crippen LogP contribution in [0.25, 0.3) is 11.0 Å². The van der Waals surface area contributed by atoms with E-state index >= 15 is 0 Å². The predicted molar refractivity (Wildman–Crippen MR) is 123 cm³/mol. The molecule has 0 unspecified atom stereocenters. The topological polar surface area (TPSA) is 59.8 Å². The zero-order valence-electron chi connectivity index (χ0n) is 17.7. The third-order valence-corrected chi connectivity index (χ3v) is 6.13. The quantitative estimate of drug-likeness (QED) is 0.398. The van der Waals surface area contributed by atoms with Crippen LogP contribution in [0, 0.1) is 5.82 Å². The number of ether oxygens (including phenoxy) is 1. The first-order valence-corrected chi connectivity index (χ1v) is 10.8. The Kier molecular flexibility index (Phi) is 5.38. The van der Waals surface area contributed by atoms with Crippen LogP contribution in [0.5, 0.6) is 5.75 Å². The van der Waals surface area contributed by atoms with Gasteiger partial charge in [0.2, 0.25) is 5.76 Å². The van der Waals surface area contributed by atoms with Gasteiger partial charge in [0.05, 0.1) is 24.1 Å². The molecule has 0 fully saturated rings. The van der Waals surface area contributed by atoms with Crippen molar-refractivity contribution in [3.63, 3.8) is 0 Å². The van der Waals surface area contributed by atoms with Crippen molar-refractivity contribution >= 4 is 28.5 Å². The number of fused-ring (bicyclic) bond motifs is 2. The largest absolute Gasteiger partial charge is 0.497 e. The number of carbonyl (C=O) groups is 1. The molecule has 0 saturated carbocycles. The van der Waals surface area contributed by atoms with Crippen LogP contribution in [0.4, 0.5) is 4.39 Å². The average Bonchev–Trinajstić information content (AvgIpc) is 3.10. The Morgan fingerprint density at radius 3 is 2.58 bits per heavy atom. The van der Waals surface area contributed by atoms with Crippen LogP contribution in [0.15, 0.2) is 75.9 Å². The molecule has 2 heterocycles. The molecule has 166 valence electrons. The zero-order chi connectivity index (χ0) is 23.1. The second kappa shape index (κ2) is 8.37. The predicted octanol–water partition coefficient (Wildman–Crippen LogP) is 5.38. The highest BCUT2D eigenvalue weighted by Crippen LogP contribution is 2.39. The van der Waals surface area contributed by atoms with Crippen LogP contribution < -0.4 is 10.2 Å². The fourth-order valence-electron chi connectivity index (χ4n) is 4.29. The molecule has 3 aromatic carbocycles. The molecule has 7 heteroatoms. The lowest BCUT2D eigenvalue weighted by Crippen LogP contribution is -2.31. The Labute approximate surface area is 194 Å². The highest BCUT2D eigenvalue weighted by molar-refractivity contribution is 6.30. The summed E-state index contributed by atoms with van der Waals surface area (Å²) >= 11 is 6.23. The van der Waals surface area contributed by atoms with Gasteiger partial charge in [-0.05, 0) is 60.0 Å². The summed E-state index contributed by atoms with van der Waals surface area (Å²) < 4.78 is 24.9. The van der Waals surface area contributed by atoms with Gasteiger partial charge >= 0.3 is 0 Å². The molecule has 0 radical (unpaired) electrons. The molecule has 0 bridgehead atoms. The van der Waals surface area contributed by atoms with E-state index in [2.05, 4.69) is 0 Å². The molecular weight excluding hydrogens is 445 g/mol. The van der Waals surface area contributed by atoms with Crippen molar-refractivity contribution in [3.8, 4) is 5.75 Å². The molecule has 0 spiro atoms. The van der Waals surface area contributed by atoms with E-state index in [1.54, 1.807) is 30.2 Å². The molecule has 1 aliphatic rings. The number of nitrogens with zero attached hydrogens (tertiary/aromatic N) is 1. The smallest absolute Gasteiger partial charge is 0.290 e. The van der Waals surface area contributed by atoms with Gasteiger partial charge < -0.3 is 14.1 Å². The molecule has 1 aromatic heterocycles. The zero-order valence-corrected chi connectivity index (χ0v) is 18.4. The molecule has 0 N–H and O–H groups in total. The van der Waals surface area contributed by atoms with Crippen molar-refractivity contribution in [2.75, 3.05) is 13.7 Å². The summed E-state index contributed by atoms with van der Waals surface area (Å²) in [6, 6.07) is 17.6. The minimum Gasteiger partial charge on any atom is -0.497 e. The van der Waals surface area contributed by atoms with Crippen molar-refractivity contribution in [3.05, 3.63) is 110 Å². The Hall–Kier alpha value is -3.64. The van der Waals surface area contributed by atoms with E-state index in [4.69, 9.17) is 20.8 Å². The third-order valence-electron chi connectivity index (χ3n) is 5.89. The van der Waals surface area contributed by atoms with Crippen LogP contribution in [0.1, 0.15) is 33.3 Å². The van der Waals surface area contributed by atoms with E-state index < -0.39 is 17.3 Å². The number of hydrogen-bond donors (Lipinski definition) is 0. The van der Waals surface area contributed by atoms with E-state index in [1.165, 1.54) is 12.1 Å². The minimum atomic E-state index is -0.687. The molecule has 1 aliphatic heterocycles. The molecule has 5 nitrogen and oxygen atoms in total. The van der Waals surface area contributed by atoms with E-state index in [1.807, 2.05) is 30.3 Å². The second-order valence-electron chi connectivity index (χ2n) is 7.87. The van der Waals surface area contributed by atoms with Gasteiger partial charge in [0.25, 0.3) is 5.91 Å². The van der Waals surface area contributed by atoms with Gasteiger partial charge in [-0.15, -0.1) is 0 Å². The van der Waals surface area contributed by atoms with E-state index in [-0.39, 0.29) is 28.2 Å². The molecular formula is C26H19ClFNO4. The molecule has 4 aromatic rings. The number of benzene rings is 3. The van der Waals surface area contributed by atoms with E-state index in [9.17, 15) is 14.0 Å². The number of hydrogen-bond acceptors (Lipinski definition) is 4. The summed E-state index contributed by atoms with van der Waals surface area (Å²) in [5.74, 6) is -0.200. The summed E-state index contributed by atoms with van der Waals surface area (Å²) in [5, 5.41) is 0.588. The van der Waals surface area contributed by atoms with Gasteiger partial charge in [0.1, 0.15) is 17.1 Å². The van der Waals surface area contributed by atoms with E-state index in [0.29, 0.717) is 23.6 Å². The van der Waals surface area contributed by atoms with Crippen LogP contribution >= 0.6 is 11.6 Å². The van der Waals surface area contributed by atoms with Crippen molar-refractivity contribution in [2.45, 2.75) is 12.5 Å². The maximum Gasteiger partial charge on any atom is 0.290 e. The first-order valence-electron chi connectivity index (χ1n) is 10.4. The fourth-order valence-corrected chi connectivity index (χ4v) is 4.49. The summed E-state index contributed by atoms with van der Waals surface area (Å²) in [6.07, 6.45) is 0.559. The summed E-state index contributed by atoms with van der Waals surface area (Å²) in [6.45, 7) is 0.344. The molecule has 1 amide bonds. The summed E-state index contributed by atoms with van der Waals surface area (Å²) in [5.41, 5.74) is 1.66. The molecule has 1 atom stereocenters. The first-order chi connectivity index (χ1) is 16.0. The van der Waals surface area contributed by atoms with Crippen molar-refractivity contribution < 1.29 is 18.3 Å². The van der Waals surface area contributed by atoms with Crippen LogP contribution in [0.2, 0.25) is 5.02 Å². The monoisotopic (exact) mass is 463 g/mol. The molecule has 5 rings (SSSR count).